The largest absolute Gasteiger partial charge is 0.417 e. The number of likely N-dealkylation sites (tertiary alicyclic amines) is 1. The van der Waals surface area contributed by atoms with E-state index in [9.17, 15) is 47.0 Å². The van der Waals surface area contributed by atoms with Gasteiger partial charge in [0.2, 0.25) is 29.2 Å². The van der Waals surface area contributed by atoms with E-state index in [2.05, 4.69) is 30.8 Å². The number of hydrogen-bond acceptors (Lipinski definition) is 13. The highest BCUT2D eigenvalue weighted by Crippen LogP contribution is 2.38. The summed E-state index contributed by atoms with van der Waals surface area (Å²) in [6.07, 6.45) is -3.25. The summed E-state index contributed by atoms with van der Waals surface area (Å²) in [6.45, 7) is 13.1. The summed E-state index contributed by atoms with van der Waals surface area (Å²) in [5.41, 5.74) is 1.64. The third-order valence-electron chi connectivity index (χ3n) is 14.4. The van der Waals surface area contributed by atoms with Crippen LogP contribution in [0.5, 0.6) is 0 Å². The van der Waals surface area contributed by atoms with Crippen LogP contribution in [-0.2, 0) is 41.4 Å². The highest BCUT2D eigenvalue weighted by molar-refractivity contribution is 7.13. The molecule has 7 rings (SSSR count). The van der Waals surface area contributed by atoms with Gasteiger partial charge in [0.25, 0.3) is 5.91 Å². The number of thiazole rings is 1. The van der Waals surface area contributed by atoms with E-state index in [1.165, 1.54) is 17.0 Å². The summed E-state index contributed by atoms with van der Waals surface area (Å²) >= 11 is 1.55. The number of nitrogens with zero attached hydrogens (tertiary/aromatic N) is 5. The van der Waals surface area contributed by atoms with Crippen LogP contribution < -0.4 is 26.4 Å². The number of ether oxygens (including phenoxy) is 2. The number of β-amino-alcohol motifs (C(OH)–C–C–N with tert-alkyl or cyclic N) is 1. The number of piperazine rings is 1. The zero-order valence-corrected chi connectivity index (χ0v) is 45.7. The van der Waals surface area contributed by atoms with Crippen molar-refractivity contribution in [3.63, 3.8) is 0 Å². The first kappa shape index (κ1) is 59.1. The summed E-state index contributed by atoms with van der Waals surface area (Å²) in [5, 5.41) is 18.9. The van der Waals surface area contributed by atoms with Gasteiger partial charge in [-0.25, -0.2) is 9.37 Å². The Labute approximate surface area is 454 Å². The molecule has 18 nitrogen and oxygen atoms in total. The number of nitrogens with one attached hydrogen (secondary N) is 4. The van der Waals surface area contributed by atoms with Crippen LogP contribution in [0.1, 0.15) is 93.0 Å². The van der Waals surface area contributed by atoms with Gasteiger partial charge in [-0.05, 0) is 68.5 Å². The summed E-state index contributed by atoms with van der Waals surface area (Å²) in [4.78, 5) is 93.6. The molecule has 0 aliphatic carbocycles. The van der Waals surface area contributed by atoms with Crippen molar-refractivity contribution in [2.45, 2.75) is 110 Å². The first-order valence-electron chi connectivity index (χ1n) is 26.0. The number of aromatic nitrogens is 2. The van der Waals surface area contributed by atoms with E-state index in [4.69, 9.17) is 9.47 Å². The normalized spacial score (nSPS) is 19.6. The molecule has 5 atom stereocenters. The van der Waals surface area contributed by atoms with Crippen LogP contribution in [0.15, 0.2) is 65.0 Å². The maximum Gasteiger partial charge on any atom is 0.417 e. The molecule has 0 radical (unpaired) electrons. The molecular weight excluding hydrogens is 1040 g/mol. The molecule has 2 fully saturated rings. The van der Waals surface area contributed by atoms with E-state index in [0.29, 0.717) is 30.9 Å². The summed E-state index contributed by atoms with van der Waals surface area (Å²) < 4.78 is 69.3. The van der Waals surface area contributed by atoms with Gasteiger partial charge in [0.15, 0.2) is 0 Å². The Morgan fingerprint density at radius 2 is 1.63 bits per heavy atom. The smallest absolute Gasteiger partial charge is 0.391 e. The minimum absolute atomic E-state index is 0.0133. The molecule has 3 aliphatic rings. The molecule has 4 aromatic rings. The maximum absolute atomic E-state index is 16.2. The monoisotopic (exact) mass is 1110 g/mol. The second-order valence-corrected chi connectivity index (χ2v) is 22.0. The molecule has 0 saturated carbocycles. The molecule has 0 unspecified atom stereocenters. The van der Waals surface area contributed by atoms with Crippen LogP contribution in [0.2, 0.25) is 0 Å². The van der Waals surface area contributed by atoms with Gasteiger partial charge in [-0.3, -0.25) is 33.7 Å². The van der Waals surface area contributed by atoms with Gasteiger partial charge in [-0.15, -0.1) is 11.3 Å². The SMILES string of the molecule is Cc1ncsc1-c1ccc(CNC(=O)[C@@H]2C[C@@H](O)CN2C(=O)[C@@H](NC(=O)CCOCCOCCC(=O)N2CC=C(c3cc(NC(=O)c4c[nH]c(=O)cc4C(F)(F)F)c(N4C[C@@H](C)N(C)[C@@H](C)C4)cc3F)CC2)C(C)(C)C)cc1. The molecule has 23 heteroatoms. The molecule has 5 heterocycles. The van der Waals surface area contributed by atoms with Crippen molar-refractivity contribution in [1.82, 2.24) is 35.3 Å². The van der Waals surface area contributed by atoms with E-state index in [1.54, 1.807) is 48.6 Å². The molecule has 78 heavy (non-hydrogen) atoms. The van der Waals surface area contributed by atoms with E-state index < -0.39 is 75.9 Å². The zero-order valence-electron chi connectivity index (χ0n) is 44.9. The van der Waals surface area contributed by atoms with Gasteiger partial charge in [0, 0.05) is 82.0 Å². The predicted octanol–water partition coefficient (Wildman–Crippen LogP) is 5.98. The van der Waals surface area contributed by atoms with Crippen LogP contribution in [0.4, 0.5) is 28.9 Å². The van der Waals surface area contributed by atoms with E-state index in [0.717, 1.165) is 21.7 Å². The Morgan fingerprint density at radius 1 is 0.949 bits per heavy atom. The van der Waals surface area contributed by atoms with Crippen LogP contribution in [0, 0.1) is 18.2 Å². The number of alkyl halides is 3. The van der Waals surface area contributed by atoms with Crippen LogP contribution in [0.3, 0.4) is 0 Å². The van der Waals surface area contributed by atoms with Crippen molar-refractivity contribution < 1.29 is 56.1 Å². The third kappa shape index (κ3) is 14.8. The van der Waals surface area contributed by atoms with Gasteiger partial charge in [0.05, 0.1) is 77.5 Å². The number of aliphatic hydroxyl groups excluding tert-OH is 1. The number of halogens is 4. The van der Waals surface area contributed by atoms with Crippen LogP contribution in [-0.4, -0.2) is 156 Å². The Kier molecular flexibility index (Phi) is 19.3. The summed E-state index contributed by atoms with van der Waals surface area (Å²) in [6, 6.07) is 8.86. The van der Waals surface area contributed by atoms with Crippen molar-refractivity contribution in [2.24, 2.45) is 5.41 Å². The molecule has 3 aliphatic heterocycles. The van der Waals surface area contributed by atoms with Crippen molar-refractivity contribution in [1.29, 1.82) is 0 Å². The lowest BCUT2D eigenvalue weighted by Gasteiger charge is -2.44. The second-order valence-electron chi connectivity index (χ2n) is 21.2. The van der Waals surface area contributed by atoms with Crippen LogP contribution in [0.25, 0.3) is 16.0 Å². The average Bonchev–Trinajstić information content (AvgIpc) is 4.10. The standard InChI is InChI=1S/C55H69F4N9O9S/c1-32-28-67(29-33(2)65(32)7)44-25-42(56)39(23-43(44)63-51(73)40-27-60-47(71)24-41(40)55(57,58)59)36-12-16-66(17-13-36)48(72)15-19-77-21-20-76-18-14-46(70)64-50(54(4,5)6)53(75)68-30-38(69)22-45(68)52(74)61-26-35-8-10-37(11-9-35)49-34(3)62-31-78-49/h8-12,23-25,27,31-33,38,45,50,69H,13-22,26,28-30H2,1-7H3,(H,60,71)(H,61,74)(H,63,73)(H,64,70)/t32-,33+,38-,45+,50-/m1/s1. The molecule has 422 valence electrons. The number of rotatable bonds is 19. The lowest BCUT2D eigenvalue weighted by molar-refractivity contribution is -0.144. The fourth-order valence-electron chi connectivity index (χ4n) is 9.81. The van der Waals surface area contributed by atoms with Gasteiger partial charge >= 0.3 is 6.18 Å². The van der Waals surface area contributed by atoms with E-state index >= 15 is 4.39 Å². The van der Waals surface area contributed by atoms with Crippen molar-refractivity contribution in [3.05, 3.63) is 104 Å². The van der Waals surface area contributed by atoms with Gasteiger partial charge in [0.1, 0.15) is 17.9 Å². The summed E-state index contributed by atoms with van der Waals surface area (Å²) in [7, 11) is 1.96. The third-order valence-corrected chi connectivity index (χ3v) is 15.4. The lowest BCUT2D eigenvalue weighted by atomic mass is 9.85. The number of carbonyl (C=O) groups excluding carboxylic acids is 5. The first-order chi connectivity index (χ1) is 36.9. The Bertz CT molecular complexity index is 2900. The van der Waals surface area contributed by atoms with Crippen molar-refractivity contribution in [3.8, 4) is 10.4 Å². The molecule has 2 aromatic heterocycles. The number of anilines is 2. The Hall–Kier alpha value is -6.53. The quantitative estimate of drug-likeness (QED) is 0.0541. The Morgan fingerprint density at radius 3 is 2.24 bits per heavy atom. The number of aliphatic hydroxyl groups is 1. The maximum atomic E-state index is 16.2. The number of aryl methyl sites for hydroxylation is 1. The van der Waals surface area contributed by atoms with Gasteiger partial charge < -0.3 is 50.2 Å². The number of amides is 5. The van der Waals surface area contributed by atoms with E-state index in [-0.39, 0.29) is 113 Å². The van der Waals surface area contributed by atoms with Crippen molar-refractivity contribution in [2.75, 3.05) is 76.4 Å². The summed E-state index contributed by atoms with van der Waals surface area (Å²) in [5.74, 6) is -3.30. The van der Waals surface area contributed by atoms with Gasteiger partial charge in [-0.1, -0.05) is 51.1 Å². The number of aromatic amines is 1. The van der Waals surface area contributed by atoms with Crippen molar-refractivity contribution >= 4 is 57.8 Å². The van der Waals surface area contributed by atoms with Gasteiger partial charge in [-0.2, -0.15) is 13.2 Å². The first-order valence-corrected chi connectivity index (χ1v) is 26.9. The lowest BCUT2D eigenvalue weighted by Crippen LogP contribution is -2.57. The number of pyridine rings is 1. The molecule has 2 saturated heterocycles. The fraction of sp³-hybridized carbons (Fsp3) is 0.509. The zero-order chi connectivity index (χ0) is 56.6. The highest BCUT2D eigenvalue weighted by Gasteiger charge is 2.45. The second kappa shape index (κ2) is 25.5. The van der Waals surface area contributed by atoms with Crippen LogP contribution >= 0.6 is 11.3 Å². The average molecular weight is 1110 g/mol. The molecule has 5 N–H and O–H groups in total. The number of benzene rings is 2. The highest BCUT2D eigenvalue weighted by atomic mass is 32.1. The molecular formula is C55H69F4N9O9S. The van der Waals surface area contributed by atoms with E-state index in [1.807, 2.05) is 57.0 Å². The number of H-pyrrole nitrogens is 1. The molecule has 0 spiro atoms. The Balaban J connectivity index is 0.854. The number of carbonyl (C=O) groups is 5. The molecule has 5 amide bonds. The minimum Gasteiger partial charge on any atom is -0.391 e. The fourth-order valence-corrected chi connectivity index (χ4v) is 10.6. The minimum atomic E-state index is -5.00. The number of hydrogen-bond donors (Lipinski definition) is 5. The predicted molar refractivity (Wildman–Crippen MR) is 287 cm³/mol. The number of likely N-dealkylation sites (N-methyl/N-ethyl adjacent to an activating group) is 1. The molecule has 0 bridgehead atoms. The topological polar surface area (TPSA) is 219 Å². The molecule has 2 aromatic carbocycles.